The number of rotatable bonds is 5. The molecule has 0 aliphatic heterocycles. The predicted molar refractivity (Wildman–Crippen MR) is 93.4 cm³/mol. The molecule has 1 atom stereocenters. The Kier molecular flexibility index (Phi) is 4.89. The fourth-order valence-electron chi connectivity index (χ4n) is 3.50. The summed E-state index contributed by atoms with van der Waals surface area (Å²) in [7, 11) is -3.71. The van der Waals surface area contributed by atoms with E-state index in [1.54, 1.807) is 35.8 Å². The highest BCUT2D eigenvalue weighted by atomic mass is 32.2. The molecule has 25 heavy (non-hydrogen) atoms. The minimum atomic E-state index is -3.71. The molecule has 3 rings (SSSR count). The van der Waals surface area contributed by atoms with Gasteiger partial charge in [-0.1, -0.05) is 54.6 Å². The molecule has 0 aromatic heterocycles. The van der Waals surface area contributed by atoms with E-state index in [0.29, 0.717) is 18.4 Å². The number of carbonyl (C=O) groups is 1. The molecule has 0 saturated carbocycles. The van der Waals surface area contributed by atoms with Crippen LogP contribution in [0.1, 0.15) is 22.7 Å². The molecule has 0 heterocycles. The molecule has 6 nitrogen and oxygen atoms in total. The molecular weight excluding hydrogens is 340 g/mol. The highest BCUT2D eigenvalue weighted by Crippen LogP contribution is 2.33. The standard InChI is InChI=1S/C18H20N2O4S/c1-25(23,24)20(16-11-14-9-5-6-10-15(14)12-16)17(18(21)19-22)13-7-3-2-4-8-13/h2-10,16-17,22H,11-12H2,1H3,(H,19,21)/t17-/m1/s1. The fraction of sp³-hybridized carbons (Fsp3) is 0.278. The number of amides is 1. The summed E-state index contributed by atoms with van der Waals surface area (Å²) >= 11 is 0. The second kappa shape index (κ2) is 6.95. The van der Waals surface area contributed by atoms with E-state index < -0.39 is 22.0 Å². The van der Waals surface area contributed by atoms with Crippen LogP contribution in [-0.4, -0.2) is 36.1 Å². The Morgan fingerprint density at radius 1 is 1.08 bits per heavy atom. The molecule has 0 bridgehead atoms. The minimum Gasteiger partial charge on any atom is -0.289 e. The first kappa shape index (κ1) is 17.6. The zero-order chi connectivity index (χ0) is 18.0. The largest absolute Gasteiger partial charge is 0.289 e. The second-order valence-electron chi connectivity index (χ2n) is 6.21. The maximum absolute atomic E-state index is 12.6. The Labute approximate surface area is 147 Å². The number of sulfonamides is 1. The number of hydrogen-bond donors (Lipinski definition) is 2. The third-order valence-corrected chi connectivity index (χ3v) is 5.78. The Hall–Kier alpha value is -2.22. The molecule has 0 radical (unpaired) electrons. The molecule has 7 heteroatoms. The van der Waals surface area contributed by atoms with Crippen molar-refractivity contribution >= 4 is 15.9 Å². The molecule has 0 spiro atoms. The molecule has 2 aromatic rings. The van der Waals surface area contributed by atoms with E-state index in [-0.39, 0.29) is 6.04 Å². The number of carbonyl (C=O) groups excluding carboxylic acids is 1. The van der Waals surface area contributed by atoms with E-state index in [0.717, 1.165) is 17.4 Å². The summed E-state index contributed by atoms with van der Waals surface area (Å²) in [6.45, 7) is 0. The predicted octanol–water partition coefficient (Wildman–Crippen LogP) is 1.66. The lowest BCUT2D eigenvalue weighted by molar-refractivity contribution is -0.134. The van der Waals surface area contributed by atoms with Crippen LogP contribution in [0.3, 0.4) is 0 Å². The number of nitrogens with zero attached hydrogens (tertiary/aromatic N) is 1. The van der Waals surface area contributed by atoms with Gasteiger partial charge in [0.1, 0.15) is 6.04 Å². The summed E-state index contributed by atoms with van der Waals surface area (Å²) in [5.41, 5.74) is 4.29. The van der Waals surface area contributed by atoms with E-state index in [2.05, 4.69) is 0 Å². The first-order valence-electron chi connectivity index (χ1n) is 7.96. The zero-order valence-electron chi connectivity index (χ0n) is 13.8. The van der Waals surface area contributed by atoms with Crippen molar-refractivity contribution in [3.05, 3.63) is 71.3 Å². The highest BCUT2D eigenvalue weighted by Gasteiger charge is 2.41. The van der Waals surface area contributed by atoms with Gasteiger partial charge < -0.3 is 0 Å². The average Bonchev–Trinajstić information content (AvgIpc) is 3.01. The van der Waals surface area contributed by atoms with E-state index >= 15 is 0 Å². The molecule has 0 saturated heterocycles. The van der Waals surface area contributed by atoms with Crippen molar-refractivity contribution in [2.45, 2.75) is 24.9 Å². The van der Waals surface area contributed by atoms with Crippen molar-refractivity contribution in [1.82, 2.24) is 9.79 Å². The van der Waals surface area contributed by atoms with Gasteiger partial charge in [0.2, 0.25) is 10.0 Å². The third-order valence-electron chi connectivity index (χ3n) is 4.50. The maximum atomic E-state index is 12.6. The minimum absolute atomic E-state index is 0.380. The fourth-order valence-corrected chi connectivity index (χ4v) is 4.79. The molecular formula is C18H20N2O4S. The van der Waals surface area contributed by atoms with E-state index in [1.165, 1.54) is 4.31 Å². The van der Waals surface area contributed by atoms with Crippen LogP contribution in [0.25, 0.3) is 0 Å². The van der Waals surface area contributed by atoms with Crippen LogP contribution in [0, 0.1) is 0 Å². The van der Waals surface area contributed by atoms with Crippen molar-refractivity contribution in [2.75, 3.05) is 6.26 Å². The van der Waals surface area contributed by atoms with Crippen LogP contribution in [0.2, 0.25) is 0 Å². The van der Waals surface area contributed by atoms with Gasteiger partial charge >= 0.3 is 0 Å². The normalized spacial score (nSPS) is 15.8. The van der Waals surface area contributed by atoms with Gasteiger partial charge in [-0.3, -0.25) is 10.0 Å². The quantitative estimate of drug-likeness (QED) is 0.627. The SMILES string of the molecule is CS(=O)(=O)N(C1Cc2ccccc2C1)[C@@H](C(=O)NO)c1ccccc1. The Morgan fingerprint density at radius 3 is 2.08 bits per heavy atom. The van der Waals surface area contributed by atoms with Crippen LogP contribution < -0.4 is 5.48 Å². The summed E-state index contributed by atoms with van der Waals surface area (Å²) in [6, 6.07) is 14.9. The summed E-state index contributed by atoms with van der Waals surface area (Å²) in [5, 5.41) is 9.18. The lowest BCUT2D eigenvalue weighted by Crippen LogP contribution is -2.48. The van der Waals surface area contributed by atoms with Gasteiger partial charge in [0.15, 0.2) is 0 Å². The molecule has 132 valence electrons. The number of fused-ring (bicyclic) bond motifs is 1. The maximum Gasteiger partial charge on any atom is 0.266 e. The number of benzene rings is 2. The van der Waals surface area contributed by atoms with Crippen molar-refractivity contribution in [1.29, 1.82) is 0 Å². The molecule has 0 unspecified atom stereocenters. The summed E-state index contributed by atoms with van der Waals surface area (Å²) in [4.78, 5) is 12.4. The lowest BCUT2D eigenvalue weighted by atomic mass is 10.0. The Balaban J connectivity index is 2.04. The van der Waals surface area contributed by atoms with E-state index in [1.807, 2.05) is 24.3 Å². The third kappa shape index (κ3) is 3.58. The first-order chi connectivity index (χ1) is 11.9. The second-order valence-corrected chi connectivity index (χ2v) is 8.10. The van der Waals surface area contributed by atoms with Crippen LogP contribution in [0.5, 0.6) is 0 Å². The van der Waals surface area contributed by atoms with E-state index in [9.17, 15) is 18.4 Å². The van der Waals surface area contributed by atoms with Gasteiger partial charge in [-0.05, 0) is 29.5 Å². The van der Waals surface area contributed by atoms with Crippen LogP contribution >= 0.6 is 0 Å². The summed E-state index contributed by atoms with van der Waals surface area (Å²) in [5.74, 6) is -0.771. The number of nitrogens with one attached hydrogen (secondary N) is 1. The zero-order valence-corrected chi connectivity index (χ0v) is 14.6. The van der Waals surface area contributed by atoms with Crippen molar-refractivity contribution < 1.29 is 18.4 Å². The number of hydrogen-bond acceptors (Lipinski definition) is 4. The molecule has 0 fully saturated rings. The topological polar surface area (TPSA) is 86.7 Å². The van der Waals surface area contributed by atoms with Gasteiger partial charge in [-0.15, -0.1) is 0 Å². The van der Waals surface area contributed by atoms with Crippen molar-refractivity contribution in [3.63, 3.8) is 0 Å². The smallest absolute Gasteiger partial charge is 0.266 e. The van der Waals surface area contributed by atoms with Gasteiger partial charge in [0.05, 0.1) is 6.26 Å². The van der Waals surface area contributed by atoms with Crippen molar-refractivity contribution in [3.8, 4) is 0 Å². The van der Waals surface area contributed by atoms with Crippen molar-refractivity contribution in [2.24, 2.45) is 0 Å². The highest BCUT2D eigenvalue weighted by molar-refractivity contribution is 7.88. The molecule has 1 amide bonds. The summed E-state index contributed by atoms with van der Waals surface area (Å²) in [6.07, 6.45) is 2.16. The molecule has 2 N–H and O–H groups in total. The monoisotopic (exact) mass is 360 g/mol. The van der Waals surface area contributed by atoms with Gasteiger partial charge in [0.25, 0.3) is 5.91 Å². The lowest BCUT2D eigenvalue weighted by Gasteiger charge is -2.33. The van der Waals surface area contributed by atoms with Crippen LogP contribution in [-0.2, 0) is 27.7 Å². The molecule has 2 aromatic carbocycles. The Bertz CT molecular complexity index is 843. The van der Waals surface area contributed by atoms with Gasteiger partial charge in [-0.2, -0.15) is 4.31 Å². The first-order valence-corrected chi connectivity index (χ1v) is 9.81. The number of hydroxylamine groups is 1. The average molecular weight is 360 g/mol. The Morgan fingerprint density at radius 2 is 1.60 bits per heavy atom. The summed E-state index contributed by atoms with van der Waals surface area (Å²) < 4.78 is 26.4. The van der Waals surface area contributed by atoms with Crippen LogP contribution in [0.4, 0.5) is 0 Å². The molecule has 1 aliphatic rings. The molecule has 1 aliphatic carbocycles. The van der Waals surface area contributed by atoms with Crippen LogP contribution in [0.15, 0.2) is 54.6 Å². The van der Waals surface area contributed by atoms with Gasteiger partial charge in [-0.25, -0.2) is 13.9 Å². The van der Waals surface area contributed by atoms with Gasteiger partial charge in [0, 0.05) is 6.04 Å². The van der Waals surface area contributed by atoms with E-state index in [4.69, 9.17) is 0 Å².